The predicted molar refractivity (Wildman–Crippen MR) is 56.4 cm³/mol. The first-order chi connectivity index (χ1) is 6.84. The highest BCUT2D eigenvalue weighted by atomic mass is 16.5. The molecular weight excluding hydrogens is 176 g/mol. The third-order valence-corrected chi connectivity index (χ3v) is 2.53. The molecule has 0 aliphatic carbocycles. The van der Waals surface area contributed by atoms with Crippen molar-refractivity contribution in [2.45, 2.75) is 13.3 Å². The second kappa shape index (κ2) is 4.42. The van der Waals surface area contributed by atoms with Crippen LogP contribution in [0.5, 0.6) is 0 Å². The van der Waals surface area contributed by atoms with Crippen LogP contribution in [0.25, 0.3) is 0 Å². The second-order valence-electron chi connectivity index (χ2n) is 3.80. The van der Waals surface area contributed by atoms with E-state index in [2.05, 4.69) is 16.4 Å². The Bertz CT molecular complexity index is 278. The molecule has 0 bridgehead atoms. The Morgan fingerprint density at radius 3 is 3.14 bits per heavy atom. The maximum absolute atomic E-state index is 5.31. The first kappa shape index (κ1) is 9.46. The zero-order chi connectivity index (χ0) is 9.80. The molecule has 1 N–H and O–H groups in total. The van der Waals surface area contributed by atoms with Crippen LogP contribution in [0.15, 0.2) is 18.3 Å². The van der Waals surface area contributed by atoms with Gasteiger partial charge in [0, 0.05) is 24.8 Å². The molecule has 1 aromatic heterocycles. The smallest absolute Gasteiger partial charge is 0.0527 e. The monoisotopic (exact) mass is 192 g/mol. The van der Waals surface area contributed by atoms with Crippen LogP contribution in [0, 0.1) is 12.8 Å². The minimum atomic E-state index is 0.663. The SMILES string of the molecule is Cc1ccc(NCC2CCOC2)cn1. The summed E-state index contributed by atoms with van der Waals surface area (Å²) in [6.45, 7) is 4.80. The molecule has 0 amide bonds. The standard InChI is InChI=1S/C11H16N2O/c1-9-2-3-11(7-12-9)13-6-10-4-5-14-8-10/h2-3,7,10,13H,4-6,8H2,1H3. The van der Waals surface area contributed by atoms with E-state index >= 15 is 0 Å². The molecule has 1 atom stereocenters. The van der Waals surface area contributed by atoms with Gasteiger partial charge in [-0.1, -0.05) is 0 Å². The molecule has 3 nitrogen and oxygen atoms in total. The lowest BCUT2D eigenvalue weighted by atomic mass is 10.1. The molecule has 0 saturated carbocycles. The average molecular weight is 192 g/mol. The number of aryl methyl sites for hydroxylation is 1. The first-order valence-corrected chi connectivity index (χ1v) is 5.09. The van der Waals surface area contributed by atoms with E-state index < -0.39 is 0 Å². The summed E-state index contributed by atoms with van der Waals surface area (Å²) in [7, 11) is 0. The van der Waals surface area contributed by atoms with Crippen molar-refractivity contribution in [3.05, 3.63) is 24.0 Å². The molecule has 1 aliphatic rings. The molecule has 1 aliphatic heterocycles. The van der Waals surface area contributed by atoms with E-state index in [1.807, 2.05) is 19.2 Å². The highest BCUT2D eigenvalue weighted by Gasteiger charge is 2.14. The number of pyridine rings is 1. The topological polar surface area (TPSA) is 34.1 Å². The lowest BCUT2D eigenvalue weighted by Gasteiger charge is -2.10. The molecule has 2 rings (SSSR count). The second-order valence-corrected chi connectivity index (χ2v) is 3.80. The van der Waals surface area contributed by atoms with Gasteiger partial charge in [0.05, 0.1) is 18.5 Å². The largest absolute Gasteiger partial charge is 0.383 e. The predicted octanol–water partition coefficient (Wildman–Crippen LogP) is 1.84. The van der Waals surface area contributed by atoms with Gasteiger partial charge in [-0.15, -0.1) is 0 Å². The summed E-state index contributed by atoms with van der Waals surface area (Å²) in [5, 5.41) is 3.37. The zero-order valence-corrected chi connectivity index (χ0v) is 8.49. The van der Waals surface area contributed by atoms with E-state index in [4.69, 9.17) is 4.74 Å². The van der Waals surface area contributed by atoms with Gasteiger partial charge in [0.15, 0.2) is 0 Å². The van der Waals surface area contributed by atoms with E-state index in [1.54, 1.807) is 0 Å². The minimum Gasteiger partial charge on any atom is -0.383 e. The van der Waals surface area contributed by atoms with Crippen molar-refractivity contribution in [1.82, 2.24) is 4.98 Å². The van der Waals surface area contributed by atoms with E-state index in [-0.39, 0.29) is 0 Å². The van der Waals surface area contributed by atoms with Crippen molar-refractivity contribution in [2.24, 2.45) is 5.92 Å². The van der Waals surface area contributed by atoms with Gasteiger partial charge in [-0.3, -0.25) is 4.98 Å². The highest BCUT2D eigenvalue weighted by molar-refractivity contribution is 5.40. The normalized spacial score (nSPS) is 21.1. The fourth-order valence-electron chi connectivity index (χ4n) is 1.58. The Morgan fingerprint density at radius 1 is 1.57 bits per heavy atom. The van der Waals surface area contributed by atoms with Crippen LogP contribution in [0.1, 0.15) is 12.1 Å². The molecule has 1 aromatic rings. The molecule has 1 unspecified atom stereocenters. The number of anilines is 1. The van der Waals surface area contributed by atoms with Crippen molar-refractivity contribution in [1.29, 1.82) is 0 Å². The quantitative estimate of drug-likeness (QED) is 0.793. The van der Waals surface area contributed by atoms with E-state index in [9.17, 15) is 0 Å². The number of rotatable bonds is 3. The molecule has 0 aromatic carbocycles. The van der Waals surface area contributed by atoms with Gasteiger partial charge in [-0.2, -0.15) is 0 Å². The number of nitrogens with zero attached hydrogens (tertiary/aromatic N) is 1. The number of aromatic nitrogens is 1. The summed E-state index contributed by atoms with van der Waals surface area (Å²) >= 11 is 0. The first-order valence-electron chi connectivity index (χ1n) is 5.09. The summed E-state index contributed by atoms with van der Waals surface area (Å²) in [6.07, 6.45) is 3.05. The Kier molecular flexibility index (Phi) is 2.99. The Balaban J connectivity index is 1.82. The summed E-state index contributed by atoms with van der Waals surface area (Å²) in [5.41, 5.74) is 2.15. The van der Waals surface area contributed by atoms with Crippen molar-refractivity contribution in [2.75, 3.05) is 25.1 Å². The van der Waals surface area contributed by atoms with Crippen molar-refractivity contribution >= 4 is 5.69 Å². The van der Waals surface area contributed by atoms with Crippen molar-refractivity contribution in [3.63, 3.8) is 0 Å². The zero-order valence-electron chi connectivity index (χ0n) is 8.49. The highest BCUT2D eigenvalue weighted by Crippen LogP contribution is 2.13. The van der Waals surface area contributed by atoms with Crippen LogP contribution in [0.3, 0.4) is 0 Å². The molecule has 0 spiro atoms. The maximum atomic E-state index is 5.31. The molecule has 3 heteroatoms. The summed E-state index contributed by atoms with van der Waals surface area (Å²) in [4.78, 5) is 4.23. The van der Waals surface area contributed by atoms with Gasteiger partial charge in [0.25, 0.3) is 0 Å². The van der Waals surface area contributed by atoms with E-state index in [0.717, 1.165) is 31.1 Å². The van der Waals surface area contributed by atoms with Gasteiger partial charge in [-0.25, -0.2) is 0 Å². The Morgan fingerprint density at radius 2 is 2.50 bits per heavy atom. The lowest BCUT2D eigenvalue weighted by Crippen LogP contribution is -2.14. The summed E-state index contributed by atoms with van der Waals surface area (Å²) in [6, 6.07) is 4.09. The van der Waals surface area contributed by atoms with Crippen LogP contribution >= 0.6 is 0 Å². The van der Waals surface area contributed by atoms with Crippen LogP contribution in [0.2, 0.25) is 0 Å². The van der Waals surface area contributed by atoms with Crippen LogP contribution in [0.4, 0.5) is 5.69 Å². The Hall–Kier alpha value is -1.09. The third kappa shape index (κ3) is 2.45. The number of ether oxygens (including phenoxy) is 1. The van der Waals surface area contributed by atoms with Crippen molar-refractivity contribution < 1.29 is 4.74 Å². The molecule has 14 heavy (non-hydrogen) atoms. The third-order valence-electron chi connectivity index (χ3n) is 2.53. The average Bonchev–Trinajstić information content (AvgIpc) is 2.70. The van der Waals surface area contributed by atoms with E-state index in [0.29, 0.717) is 5.92 Å². The number of hydrogen-bond donors (Lipinski definition) is 1. The van der Waals surface area contributed by atoms with Crippen molar-refractivity contribution in [3.8, 4) is 0 Å². The fraction of sp³-hybridized carbons (Fsp3) is 0.545. The molecule has 1 saturated heterocycles. The minimum absolute atomic E-state index is 0.663. The van der Waals surface area contributed by atoms with Gasteiger partial charge in [0.1, 0.15) is 0 Å². The van der Waals surface area contributed by atoms with E-state index in [1.165, 1.54) is 6.42 Å². The van der Waals surface area contributed by atoms with Crippen LogP contribution < -0.4 is 5.32 Å². The maximum Gasteiger partial charge on any atom is 0.0527 e. The fourth-order valence-corrected chi connectivity index (χ4v) is 1.58. The van der Waals surface area contributed by atoms with Crippen LogP contribution in [-0.2, 0) is 4.74 Å². The molecular formula is C11H16N2O. The Labute approximate surface area is 84.5 Å². The summed E-state index contributed by atoms with van der Waals surface area (Å²) in [5.74, 6) is 0.663. The number of nitrogens with one attached hydrogen (secondary N) is 1. The van der Waals surface area contributed by atoms with Gasteiger partial charge < -0.3 is 10.1 Å². The van der Waals surface area contributed by atoms with Gasteiger partial charge >= 0.3 is 0 Å². The number of hydrogen-bond acceptors (Lipinski definition) is 3. The van der Waals surface area contributed by atoms with Crippen LogP contribution in [-0.4, -0.2) is 24.7 Å². The molecule has 1 fully saturated rings. The summed E-state index contributed by atoms with van der Waals surface area (Å²) < 4.78 is 5.31. The molecule has 76 valence electrons. The lowest BCUT2D eigenvalue weighted by molar-refractivity contribution is 0.187. The van der Waals surface area contributed by atoms with Gasteiger partial charge in [0.2, 0.25) is 0 Å². The molecule has 2 heterocycles. The molecule has 0 radical (unpaired) electrons. The van der Waals surface area contributed by atoms with Gasteiger partial charge in [-0.05, 0) is 25.5 Å².